The van der Waals surface area contributed by atoms with Gasteiger partial charge in [-0.15, -0.1) is 11.3 Å². The maximum absolute atomic E-state index is 12.8. The SMILES string of the molecule is Cc1ccc(C(=O)N2CCOC3(CCCN(Cc4csc(C)n4)C3)C2)o1. The standard InChI is InChI=1S/C19H25N3O3S/c1-14-4-5-17(25-14)18(23)22-8-9-24-19(13-22)6-3-7-21(12-19)10-16-11-26-15(2)20-16/h4-5,11H,3,6-10,12-13H2,1-2H3. The van der Waals surface area contributed by atoms with E-state index in [4.69, 9.17) is 9.15 Å². The van der Waals surface area contributed by atoms with E-state index in [2.05, 4.69) is 15.3 Å². The van der Waals surface area contributed by atoms with E-state index in [1.54, 1.807) is 17.4 Å². The molecule has 4 rings (SSSR count). The van der Waals surface area contributed by atoms with Crippen LogP contribution in [0.4, 0.5) is 0 Å². The Hall–Kier alpha value is -1.70. The maximum Gasteiger partial charge on any atom is 0.289 e. The Morgan fingerprint density at radius 1 is 1.31 bits per heavy atom. The summed E-state index contributed by atoms with van der Waals surface area (Å²) >= 11 is 1.69. The van der Waals surface area contributed by atoms with Crippen molar-refractivity contribution in [2.75, 3.05) is 32.8 Å². The van der Waals surface area contributed by atoms with Crippen LogP contribution in [0.25, 0.3) is 0 Å². The molecule has 26 heavy (non-hydrogen) atoms. The number of morpholine rings is 1. The van der Waals surface area contributed by atoms with E-state index in [0.29, 0.717) is 25.5 Å². The smallest absolute Gasteiger partial charge is 0.289 e. The molecule has 2 aliphatic rings. The zero-order valence-electron chi connectivity index (χ0n) is 15.4. The van der Waals surface area contributed by atoms with Crippen molar-refractivity contribution in [2.45, 2.75) is 38.8 Å². The number of nitrogens with zero attached hydrogens (tertiary/aromatic N) is 3. The number of aryl methyl sites for hydroxylation is 2. The van der Waals surface area contributed by atoms with E-state index in [1.165, 1.54) is 0 Å². The van der Waals surface area contributed by atoms with Crippen LogP contribution in [0.3, 0.4) is 0 Å². The lowest BCUT2D eigenvalue weighted by atomic mass is 9.90. The van der Waals surface area contributed by atoms with Gasteiger partial charge in [0.25, 0.3) is 5.91 Å². The van der Waals surface area contributed by atoms with Crippen LogP contribution in [0, 0.1) is 13.8 Å². The molecule has 1 spiro atoms. The minimum Gasteiger partial charge on any atom is -0.456 e. The molecule has 4 heterocycles. The van der Waals surface area contributed by atoms with Gasteiger partial charge in [-0.3, -0.25) is 9.69 Å². The molecule has 0 N–H and O–H groups in total. The van der Waals surface area contributed by atoms with Crippen LogP contribution in [-0.2, 0) is 11.3 Å². The largest absolute Gasteiger partial charge is 0.456 e. The number of thiazole rings is 1. The van der Waals surface area contributed by atoms with Crippen molar-refractivity contribution < 1.29 is 13.9 Å². The van der Waals surface area contributed by atoms with Gasteiger partial charge < -0.3 is 14.1 Å². The molecule has 6 nitrogen and oxygen atoms in total. The second-order valence-electron chi connectivity index (χ2n) is 7.34. The van der Waals surface area contributed by atoms with Gasteiger partial charge in [-0.1, -0.05) is 0 Å². The van der Waals surface area contributed by atoms with E-state index in [0.717, 1.165) is 48.9 Å². The first-order valence-corrected chi connectivity index (χ1v) is 10.0. The molecule has 1 atom stereocenters. The molecule has 7 heteroatoms. The monoisotopic (exact) mass is 375 g/mol. The Morgan fingerprint density at radius 3 is 2.92 bits per heavy atom. The number of rotatable bonds is 3. The molecule has 2 saturated heterocycles. The van der Waals surface area contributed by atoms with Crippen LogP contribution >= 0.6 is 11.3 Å². The summed E-state index contributed by atoms with van der Waals surface area (Å²) < 4.78 is 11.7. The fourth-order valence-corrected chi connectivity index (χ4v) is 4.61. The number of hydrogen-bond acceptors (Lipinski definition) is 6. The average Bonchev–Trinajstić information content (AvgIpc) is 3.23. The maximum atomic E-state index is 12.8. The van der Waals surface area contributed by atoms with Gasteiger partial charge in [-0.25, -0.2) is 4.98 Å². The normalized spacial score (nSPS) is 24.3. The number of carbonyl (C=O) groups excluding carboxylic acids is 1. The highest BCUT2D eigenvalue weighted by Crippen LogP contribution is 2.30. The molecule has 0 aliphatic carbocycles. The van der Waals surface area contributed by atoms with Gasteiger partial charge in [0, 0.05) is 25.0 Å². The lowest BCUT2D eigenvalue weighted by Crippen LogP contribution is -2.60. The van der Waals surface area contributed by atoms with Crippen molar-refractivity contribution in [1.82, 2.24) is 14.8 Å². The van der Waals surface area contributed by atoms with Crippen LogP contribution in [0.15, 0.2) is 21.9 Å². The fourth-order valence-electron chi connectivity index (χ4n) is 4.01. The van der Waals surface area contributed by atoms with Crippen LogP contribution in [-0.4, -0.2) is 59.1 Å². The van der Waals surface area contributed by atoms with Crippen molar-refractivity contribution in [1.29, 1.82) is 0 Å². The molecule has 0 bridgehead atoms. The van der Waals surface area contributed by atoms with Crippen LogP contribution in [0.1, 0.15) is 39.9 Å². The summed E-state index contributed by atoms with van der Waals surface area (Å²) in [6.45, 7) is 8.45. The van der Waals surface area contributed by atoms with Gasteiger partial charge in [0.2, 0.25) is 0 Å². The summed E-state index contributed by atoms with van der Waals surface area (Å²) in [5.41, 5.74) is 0.845. The third-order valence-corrected chi connectivity index (χ3v) is 5.98. The predicted octanol–water partition coefficient (Wildman–Crippen LogP) is 2.86. The predicted molar refractivity (Wildman–Crippen MR) is 99.4 cm³/mol. The summed E-state index contributed by atoms with van der Waals surface area (Å²) in [6, 6.07) is 3.60. The quantitative estimate of drug-likeness (QED) is 0.826. The van der Waals surface area contributed by atoms with Crippen molar-refractivity contribution >= 4 is 17.2 Å². The van der Waals surface area contributed by atoms with Crippen LogP contribution < -0.4 is 0 Å². The molecule has 2 fully saturated rings. The van der Waals surface area contributed by atoms with Crippen molar-refractivity contribution in [2.24, 2.45) is 0 Å². The minimum atomic E-state index is -0.279. The summed E-state index contributed by atoms with van der Waals surface area (Å²) in [5.74, 6) is 1.15. The molecule has 140 valence electrons. The number of furan rings is 1. The molecule has 0 aromatic carbocycles. The number of amides is 1. The number of hydrogen-bond donors (Lipinski definition) is 0. The molecule has 0 radical (unpaired) electrons. The molecule has 2 aromatic heterocycles. The van der Waals surface area contributed by atoms with E-state index >= 15 is 0 Å². The summed E-state index contributed by atoms with van der Waals surface area (Å²) in [7, 11) is 0. The molecule has 1 amide bonds. The summed E-state index contributed by atoms with van der Waals surface area (Å²) in [4.78, 5) is 21.6. The number of carbonyl (C=O) groups is 1. The second-order valence-corrected chi connectivity index (χ2v) is 8.40. The summed E-state index contributed by atoms with van der Waals surface area (Å²) in [6.07, 6.45) is 2.06. The van der Waals surface area contributed by atoms with Gasteiger partial charge in [-0.2, -0.15) is 0 Å². The Balaban J connectivity index is 1.44. The zero-order chi connectivity index (χ0) is 18.1. The lowest BCUT2D eigenvalue weighted by molar-refractivity contribution is -0.133. The summed E-state index contributed by atoms with van der Waals surface area (Å²) in [5, 5.41) is 3.24. The number of ether oxygens (including phenoxy) is 1. The molecule has 1 unspecified atom stereocenters. The van der Waals surface area contributed by atoms with Crippen LogP contribution in [0.5, 0.6) is 0 Å². The van der Waals surface area contributed by atoms with Crippen molar-refractivity contribution in [3.05, 3.63) is 39.7 Å². The number of piperidine rings is 1. The molecule has 2 aromatic rings. The third kappa shape index (κ3) is 3.70. The van der Waals surface area contributed by atoms with E-state index in [1.807, 2.05) is 24.8 Å². The number of likely N-dealkylation sites (tertiary alicyclic amines) is 1. The Bertz CT molecular complexity index is 783. The van der Waals surface area contributed by atoms with E-state index in [9.17, 15) is 4.79 Å². The zero-order valence-corrected chi connectivity index (χ0v) is 16.2. The van der Waals surface area contributed by atoms with E-state index in [-0.39, 0.29) is 11.5 Å². The lowest BCUT2D eigenvalue weighted by Gasteiger charge is -2.47. The highest BCUT2D eigenvalue weighted by Gasteiger charge is 2.42. The fraction of sp³-hybridized carbons (Fsp3) is 0.579. The second kappa shape index (κ2) is 7.13. The van der Waals surface area contributed by atoms with E-state index < -0.39 is 0 Å². The molecular weight excluding hydrogens is 350 g/mol. The van der Waals surface area contributed by atoms with Gasteiger partial charge >= 0.3 is 0 Å². The Morgan fingerprint density at radius 2 is 2.19 bits per heavy atom. The first-order valence-electron chi connectivity index (χ1n) is 9.16. The van der Waals surface area contributed by atoms with Gasteiger partial charge in [0.15, 0.2) is 5.76 Å². The van der Waals surface area contributed by atoms with Crippen LogP contribution in [0.2, 0.25) is 0 Å². The average molecular weight is 375 g/mol. The Labute approximate surface area is 157 Å². The third-order valence-electron chi connectivity index (χ3n) is 5.16. The molecule has 2 aliphatic heterocycles. The van der Waals surface area contributed by atoms with Gasteiger partial charge in [0.1, 0.15) is 5.76 Å². The Kier molecular flexibility index (Phi) is 4.86. The molecular formula is C19H25N3O3S. The minimum absolute atomic E-state index is 0.0342. The number of aromatic nitrogens is 1. The highest BCUT2D eigenvalue weighted by molar-refractivity contribution is 7.09. The van der Waals surface area contributed by atoms with Crippen molar-refractivity contribution in [3.63, 3.8) is 0 Å². The van der Waals surface area contributed by atoms with Crippen molar-refractivity contribution in [3.8, 4) is 0 Å². The first-order chi connectivity index (χ1) is 12.5. The van der Waals surface area contributed by atoms with Gasteiger partial charge in [-0.05, 0) is 45.4 Å². The first kappa shape index (κ1) is 17.7. The molecule has 0 saturated carbocycles. The highest BCUT2D eigenvalue weighted by atomic mass is 32.1. The topological polar surface area (TPSA) is 58.8 Å². The van der Waals surface area contributed by atoms with Gasteiger partial charge in [0.05, 0.1) is 29.5 Å².